The summed E-state index contributed by atoms with van der Waals surface area (Å²) in [6.45, 7) is 9.38. The lowest BCUT2D eigenvalue weighted by atomic mass is 9.78. The topological polar surface area (TPSA) is 61.4 Å². The van der Waals surface area contributed by atoms with Crippen molar-refractivity contribution in [3.63, 3.8) is 0 Å². The standard InChI is InChI=1S/C21H32ClN3O2/c1-5-25(12-20(26)23-18-8-6-7-14(2)16(18)4)13-21(27)24-19-11-17(22)10-9-15(19)3/h9-11,14,16,18H,5-8,12-13H2,1-4H3,(H,23,26)(H,24,27)/t14-,16-,18+/m0/s1. The largest absolute Gasteiger partial charge is 0.352 e. The van der Waals surface area contributed by atoms with E-state index in [0.717, 1.165) is 18.4 Å². The highest BCUT2D eigenvalue weighted by Crippen LogP contribution is 2.29. The first-order valence-corrected chi connectivity index (χ1v) is 10.3. The first-order valence-electron chi connectivity index (χ1n) is 9.87. The number of hydrogen-bond donors (Lipinski definition) is 2. The lowest BCUT2D eigenvalue weighted by Gasteiger charge is -2.35. The Morgan fingerprint density at radius 1 is 1.19 bits per heavy atom. The Morgan fingerprint density at radius 3 is 2.59 bits per heavy atom. The summed E-state index contributed by atoms with van der Waals surface area (Å²) in [5.41, 5.74) is 1.66. The average molecular weight is 394 g/mol. The number of benzene rings is 1. The molecule has 5 nitrogen and oxygen atoms in total. The molecule has 0 radical (unpaired) electrons. The monoisotopic (exact) mass is 393 g/mol. The lowest BCUT2D eigenvalue weighted by molar-refractivity contribution is -0.124. The van der Waals surface area contributed by atoms with Crippen LogP contribution in [-0.2, 0) is 9.59 Å². The fourth-order valence-electron chi connectivity index (χ4n) is 3.64. The van der Waals surface area contributed by atoms with Crippen molar-refractivity contribution in [3.05, 3.63) is 28.8 Å². The summed E-state index contributed by atoms with van der Waals surface area (Å²) in [5.74, 6) is 0.981. The molecule has 1 aromatic carbocycles. The van der Waals surface area contributed by atoms with E-state index in [4.69, 9.17) is 11.6 Å². The van der Waals surface area contributed by atoms with Crippen LogP contribution in [0.2, 0.25) is 5.02 Å². The van der Waals surface area contributed by atoms with Crippen LogP contribution in [0.15, 0.2) is 18.2 Å². The van der Waals surface area contributed by atoms with E-state index in [1.807, 2.05) is 24.8 Å². The fourth-order valence-corrected chi connectivity index (χ4v) is 3.81. The maximum Gasteiger partial charge on any atom is 0.238 e. The molecule has 150 valence electrons. The lowest BCUT2D eigenvalue weighted by Crippen LogP contribution is -2.48. The zero-order chi connectivity index (χ0) is 20.0. The third-order valence-electron chi connectivity index (χ3n) is 5.71. The number of carbonyl (C=O) groups is 2. The van der Waals surface area contributed by atoms with Crippen molar-refractivity contribution in [2.45, 2.75) is 53.0 Å². The van der Waals surface area contributed by atoms with E-state index in [-0.39, 0.29) is 30.9 Å². The molecule has 1 fully saturated rings. The molecule has 0 unspecified atom stereocenters. The van der Waals surface area contributed by atoms with Gasteiger partial charge in [0.05, 0.1) is 13.1 Å². The van der Waals surface area contributed by atoms with Gasteiger partial charge in [0.15, 0.2) is 0 Å². The van der Waals surface area contributed by atoms with E-state index in [9.17, 15) is 9.59 Å². The van der Waals surface area contributed by atoms with Gasteiger partial charge in [-0.1, -0.05) is 51.3 Å². The van der Waals surface area contributed by atoms with Crippen LogP contribution in [0.1, 0.15) is 45.6 Å². The molecule has 2 N–H and O–H groups in total. The van der Waals surface area contributed by atoms with Crippen molar-refractivity contribution >= 4 is 29.1 Å². The van der Waals surface area contributed by atoms with E-state index in [2.05, 4.69) is 24.5 Å². The summed E-state index contributed by atoms with van der Waals surface area (Å²) in [6, 6.07) is 5.64. The molecule has 0 spiro atoms. The van der Waals surface area contributed by atoms with Crippen LogP contribution in [0.3, 0.4) is 0 Å². The quantitative estimate of drug-likeness (QED) is 0.739. The summed E-state index contributed by atoms with van der Waals surface area (Å²) in [5, 5.41) is 6.64. The normalized spacial score (nSPS) is 22.5. The molecule has 2 amide bonds. The summed E-state index contributed by atoms with van der Waals surface area (Å²) < 4.78 is 0. The van der Waals surface area contributed by atoms with Crippen molar-refractivity contribution < 1.29 is 9.59 Å². The summed E-state index contributed by atoms with van der Waals surface area (Å²) in [4.78, 5) is 26.7. The van der Waals surface area contributed by atoms with E-state index in [1.54, 1.807) is 12.1 Å². The predicted molar refractivity (Wildman–Crippen MR) is 111 cm³/mol. The Balaban J connectivity index is 1.86. The van der Waals surface area contributed by atoms with Gasteiger partial charge in [0.25, 0.3) is 0 Å². The molecule has 1 aromatic rings. The molecule has 3 atom stereocenters. The Kier molecular flexibility index (Phi) is 8.11. The Bertz CT molecular complexity index is 665. The number of nitrogens with one attached hydrogen (secondary N) is 2. The zero-order valence-electron chi connectivity index (χ0n) is 16.8. The van der Waals surface area contributed by atoms with Crippen molar-refractivity contribution in [2.75, 3.05) is 25.0 Å². The third-order valence-corrected chi connectivity index (χ3v) is 5.94. The minimum Gasteiger partial charge on any atom is -0.352 e. The van der Waals surface area contributed by atoms with Crippen LogP contribution in [0.25, 0.3) is 0 Å². The number of carbonyl (C=O) groups excluding carboxylic acids is 2. The van der Waals surface area contributed by atoms with Gasteiger partial charge >= 0.3 is 0 Å². The molecule has 0 heterocycles. The average Bonchev–Trinajstić information content (AvgIpc) is 2.61. The number of halogens is 1. The van der Waals surface area contributed by atoms with E-state index < -0.39 is 0 Å². The molecular formula is C21H32ClN3O2. The second-order valence-electron chi connectivity index (χ2n) is 7.75. The minimum atomic E-state index is -0.144. The molecule has 1 aliphatic rings. The zero-order valence-corrected chi connectivity index (χ0v) is 17.6. The first kappa shape index (κ1) is 21.7. The van der Waals surface area contributed by atoms with Crippen LogP contribution in [0, 0.1) is 18.8 Å². The molecule has 0 saturated heterocycles. The number of hydrogen-bond acceptors (Lipinski definition) is 3. The predicted octanol–water partition coefficient (Wildman–Crippen LogP) is 3.85. The van der Waals surface area contributed by atoms with Gasteiger partial charge in [-0.05, 0) is 49.4 Å². The Hall–Kier alpha value is -1.59. The van der Waals surface area contributed by atoms with Crippen LogP contribution >= 0.6 is 11.6 Å². The highest BCUT2D eigenvalue weighted by atomic mass is 35.5. The summed E-state index contributed by atoms with van der Waals surface area (Å²) in [6.07, 6.45) is 3.44. The second-order valence-corrected chi connectivity index (χ2v) is 8.19. The number of likely N-dealkylation sites (N-methyl/N-ethyl adjacent to an activating group) is 1. The summed E-state index contributed by atoms with van der Waals surface area (Å²) >= 11 is 6.00. The highest BCUT2D eigenvalue weighted by Gasteiger charge is 2.28. The molecule has 0 aliphatic heterocycles. The van der Waals surface area contributed by atoms with Gasteiger partial charge in [-0.25, -0.2) is 0 Å². The number of aryl methyl sites for hydroxylation is 1. The van der Waals surface area contributed by atoms with Crippen molar-refractivity contribution in [1.29, 1.82) is 0 Å². The first-order chi connectivity index (χ1) is 12.8. The number of anilines is 1. The minimum absolute atomic E-state index is 0.00506. The van der Waals surface area contributed by atoms with Crippen LogP contribution < -0.4 is 10.6 Å². The molecule has 2 rings (SSSR count). The van der Waals surface area contributed by atoms with Crippen LogP contribution in [0.5, 0.6) is 0 Å². The third kappa shape index (κ3) is 6.51. The maximum absolute atomic E-state index is 12.5. The number of rotatable bonds is 7. The Morgan fingerprint density at radius 2 is 1.89 bits per heavy atom. The van der Waals surface area contributed by atoms with Crippen molar-refractivity contribution in [3.8, 4) is 0 Å². The molecule has 6 heteroatoms. The number of amides is 2. The van der Waals surface area contributed by atoms with Crippen LogP contribution in [-0.4, -0.2) is 42.4 Å². The van der Waals surface area contributed by atoms with E-state index in [0.29, 0.717) is 29.1 Å². The highest BCUT2D eigenvalue weighted by molar-refractivity contribution is 6.31. The van der Waals surface area contributed by atoms with E-state index in [1.165, 1.54) is 6.42 Å². The molecule has 1 saturated carbocycles. The SMILES string of the molecule is CCN(CC(=O)Nc1cc(Cl)ccc1C)CC(=O)N[C@@H]1CCC[C@H](C)[C@@H]1C. The van der Waals surface area contributed by atoms with Gasteiger partial charge < -0.3 is 10.6 Å². The van der Waals surface area contributed by atoms with Gasteiger partial charge in [-0.3, -0.25) is 14.5 Å². The smallest absolute Gasteiger partial charge is 0.238 e. The fraction of sp³-hybridized carbons (Fsp3) is 0.619. The van der Waals surface area contributed by atoms with Gasteiger partial charge in [0.2, 0.25) is 11.8 Å². The molecule has 0 bridgehead atoms. The van der Waals surface area contributed by atoms with Crippen LogP contribution in [0.4, 0.5) is 5.69 Å². The molecule has 27 heavy (non-hydrogen) atoms. The molecule has 1 aliphatic carbocycles. The summed E-state index contributed by atoms with van der Waals surface area (Å²) in [7, 11) is 0. The maximum atomic E-state index is 12.5. The Labute approximate surface area is 167 Å². The van der Waals surface area contributed by atoms with Gasteiger partial charge in [0.1, 0.15) is 0 Å². The van der Waals surface area contributed by atoms with Gasteiger partial charge in [-0.15, -0.1) is 0 Å². The number of nitrogens with zero attached hydrogens (tertiary/aromatic N) is 1. The van der Waals surface area contributed by atoms with Crippen molar-refractivity contribution in [1.82, 2.24) is 10.2 Å². The second kappa shape index (κ2) is 10.1. The van der Waals surface area contributed by atoms with Crippen molar-refractivity contribution in [2.24, 2.45) is 11.8 Å². The molecule has 0 aromatic heterocycles. The van der Waals surface area contributed by atoms with Gasteiger partial charge in [0, 0.05) is 16.8 Å². The van der Waals surface area contributed by atoms with Gasteiger partial charge in [-0.2, -0.15) is 0 Å². The molecular weight excluding hydrogens is 362 g/mol. The van der Waals surface area contributed by atoms with E-state index >= 15 is 0 Å².